The summed E-state index contributed by atoms with van der Waals surface area (Å²) in [6.07, 6.45) is 5.03. The molecule has 0 fully saturated rings. The number of rotatable bonds is 3. The standard InChI is InChI=1S/C8H8ClNO2S2/c1-3-6-10(2)14(11,12)8-5-4-7(9)13-8/h1,4-5H,6H2,2H3. The Hall–Kier alpha value is -0.540. The Balaban J connectivity index is 3.03. The van der Waals surface area contributed by atoms with Gasteiger partial charge in [-0.3, -0.25) is 0 Å². The van der Waals surface area contributed by atoms with E-state index in [0.29, 0.717) is 4.34 Å². The van der Waals surface area contributed by atoms with Crippen LogP contribution in [0.2, 0.25) is 4.34 Å². The summed E-state index contributed by atoms with van der Waals surface area (Å²) >= 11 is 6.66. The van der Waals surface area contributed by atoms with Crippen LogP contribution in [0.1, 0.15) is 0 Å². The summed E-state index contributed by atoms with van der Waals surface area (Å²) in [5, 5.41) is 0. The molecular formula is C8H8ClNO2S2. The molecule has 1 rings (SSSR count). The summed E-state index contributed by atoms with van der Waals surface area (Å²) in [5.74, 6) is 2.27. The molecule has 0 spiro atoms. The number of hydrogen-bond donors (Lipinski definition) is 0. The van der Waals surface area contributed by atoms with E-state index in [4.69, 9.17) is 18.0 Å². The fourth-order valence-electron chi connectivity index (χ4n) is 0.803. The molecule has 0 aliphatic heterocycles. The van der Waals surface area contributed by atoms with Gasteiger partial charge in [0.05, 0.1) is 10.9 Å². The summed E-state index contributed by atoms with van der Waals surface area (Å²) in [6.45, 7) is 0.0534. The van der Waals surface area contributed by atoms with Crippen LogP contribution >= 0.6 is 22.9 Å². The van der Waals surface area contributed by atoms with Crippen LogP contribution in [-0.4, -0.2) is 26.3 Å². The molecule has 0 saturated heterocycles. The second kappa shape index (κ2) is 4.32. The molecule has 0 aromatic carbocycles. The number of sulfonamides is 1. The fourth-order valence-corrected chi connectivity index (χ4v) is 3.58. The molecule has 76 valence electrons. The van der Waals surface area contributed by atoms with Crippen LogP contribution in [0.25, 0.3) is 0 Å². The third kappa shape index (κ3) is 2.28. The molecule has 0 bridgehead atoms. The van der Waals surface area contributed by atoms with Crippen LogP contribution < -0.4 is 0 Å². The molecule has 0 atom stereocenters. The van der Waals surface area contributed by atoms with Crippen LogP contribution in [-0.2, 0) is 10.0 Å². The zero-order chi connectivity index (χ0) is 10.8. The van der Waals surface area contributed by atoms with Gasteiger partial charge in [0.1, 0.15) is 4.21 Å². The Morgan fingerprint density at radius 1 is 1.64 bits per heavy atom. The molecule has 1 aromatic rings. The smallest absolute Gasteiger partial charge is 0.206 e. The van der Waals surface area contributed by atoms with Crippen molar-refractivity contribution in [3.63, 3.8) is 0 Å². The van der Waals surface area contributed by atoms with Crippen LogP contribution in [0.15, 0.2) is 16.3 Å². The summed E-state index contributed by atoms with van der Waals surface area (Å²) in [7, 11) is -2.02. The van der Waals surface area contributed by atoms with Crippen molar-refractivity contribution in [2.24, 2.45) is 0 Å². The van der Waals surface area contributed by atoms with E-state index in [0.717, 1.165) is 15.6 Å². The van der Waals surface area contributed by atoms with E-state index in [9.17, 15) is 8.42 Å². The monoisotopic (exact) mass is 249 g/mol. The second-order valence-corrected chi connectivity index (χ2v) is 6.51. The first-order valence-electron chi connectivity index (χ1n) is 3.63. The van der Waals surface area contributed by atoms with E-state index in [1.807, 2.05) is 0 Å². The largest absolute Gasteiger partial charge is 0.253 e. The number of nitrogens with zero attached hydrogens (tertiary/aromatic N) is 1. The molecule has 0 N–H and O–H groups in total. The molecule has 0 aliphatic rings. The SMILES string of the molecule is C#CCN(C)S(=O)(=O)c1ccc(Cl)s1. The first-order valence-corrected chi connectivity index (χ1v) is 6.27. The minimum absolute atomic E-state index is 0.0534. The normalized spacial score (nSPS) is 11.6. The van der Waals surface area contributed by atoms with Crippen molar-refractivity contribution in [3.05, 3.63) is 16.5 Å². The van der Waals surface area contributed by atoms with E-state index >= 15 is 0 Å². The summed E-state index contributed by atoms with van der Waals surface area (Å²) in [6, 6.07) is 3.01. The molecule has 0 radical (unpaired) electrons. The van der Waals surface area contributed by atoms with E-state index in [2.05, 4.69) is 5.92 Å². The minimum atomic E-state index is -3.46. The Morgan fingerprint density at radius 3 is 2.71 bits per heavy atom. The van der Waals surface area contributed by atoms with Gasteiger partial charge in [-0.2, -0.15) is 4.31 Å². The Labute approximate surface area is 92.4 Å². The predicted molar refractivity (Wildman–Crippen MR) is 58.0 cm³/mol. The molecule has 0 unspecified atom stereocenters. The lowest BCUT2D eigenvalue weighted by molar-refractivity contribution is 0.505. The maximum absolute atomic E-state index is 11.7. The molecule has 14 heavy (non-hydrogen) atoms. The van der Waals surface area contributed by atoms with Crippen molar-refractivity contribution in [3.8, 4) is 12.3 Å². The van der Waals surface area contributed by atoms with Crippen molar-refractivity contribution < 1.29 is 8.42 Å². The topological polar surface area (TPSA) is 37.4 Å². The highest BCUT2D eigenvalue weighted by Crippen LogP contribution is 2.27. The lowest BCUT2D eigenvalue weighted by Gasteiger charge is -2.11. The van der Waals surface area contributed by atoms with Gasteiger partial charge in [-0.25, -0.2) is 8.42 Å². The van der Waals surface area contributed by atoms with Gasteiger partial charge in [0.15, 0.2) is 0 Å². The fraction of sp³-hybridized carbons (Fsp3) is 0.250. The van der Waals surface area contributed by atoms with Crippen LogP contribution in [0.5, 0.6) is 0 Å². The first-order chi connectivity index (χ1) is 6.48. The minimum Gasteiger partial charge on any atom is -0.206 e. The predicted octanol–water partition coefficient (Wildman–Crippen LogP) is 1.66. The van der Waals surface area contributed by atoms with Crippen LogP contribution in [0.3, 0.4) is 0 Å². The second-order valence-electron chi connectivity index (χ2n) is 2.52. The van der Waals surface area contributed by atoms with Crippen LogP contribution in [0.4, 0.5) is 0 Å². The van der Waals surface area contributed by atoms with Crippen molar-refractivity contribution in [1.29, 1.82) is 0 Å². The van der Waals surface area contributed by atoms with E-state index < -0.39 is 10.0 Å². The van der Waals surface area contributed by atoms with Crippen molar-refractivity contribution in [1.82, 2.24) is 4.31 Å². The molecule has 6 heteroatoms. The van der Waals surface area contributed by atoms with Gasteiger partial charge >= 0.3 is 0 Å². The van der Waals surface area contributed by atoms with Gasteiger partial charge in [0, 0.05) is 7.05 Å². The Bertz CT molecular complexity index is 458. The Kier molecular flexibility index (Phi) is 3.56. The average molecular weight is 250 g/mol. The molecule has 1 heterocycles. The first kappa shape index (κ1) is 11.5. The zero-order valence-electron chi connectivity index (χ0n) is 7.40. The zero-order valence-corrected chi connectivity index (χ0v) is 9.79. The van der Waals surface area contributed by atoms with Gasteiger partial charge in [0.25, 0.3) is 10.0 Å². The lowest BCUT2D eigenvalue weighted by atomic mass is 10.7. The number of halogens is 1. The number of thiophene rings is 1. The average Bonchev–Trinajstić information content (AvgIpc) is 2.52. The van der Waals surface area contributed by atoms with Crippen molar-refractivity contribution in [2.45, 2.75) is 4.21 Å². The molecule has 3 nitrogen and oxygen atoms in total. The Morgan fingerprint density at radius 2 is 2.29 bits per heavy atom. The van der Waals surface area contributed by atoms with Crippen LogP contribution in [0, 0.1) is 12.3 Å². The third-order valence-electron chi connectivity index (χ3n) is 1.53. The molecule has 0 aliphatic carbocycles. The summed E-state index contributed by atoms with van der Waals surface area (Å²) < 4.78 is 25.2. The summed E-state index contributed by atoms with van der Waals surface area (Å²) in [5.41, 5.74) is 0. The van der Waals surface area contributed by atoms with Crippen molar-refractivity contribution >= 4 is 33.0 Å². The molecular weight excluding hydrogens is 242 g/mol. The van der Waals surface area contributed by atoms with E-state index in [1.54, 1.807) is 6.07 Å². The maximum Gasteiger partial charge on any atom is 0.253 e. The third-order valence-corrected chi connectivity index (χ3v) is 5.03. The van der Waals surface area contributed by atoms with Gasteiger partial charge in [-0.1, -0.05) is 17.5 Å². The number of terminal acetylenes is 1. The molecule has 0 amide bonds. The summed E-state index contributed by atoms with van der Waals surface area (Å²) in [4.78, 5) is 0. The molecule has 0 saturated carbocycles. The lowest BCUT2D eigenvalue weighted by Crippen LogP contribution is -2.26. The van der Waals surface area contributed by atoms with E-state index in [1.165, 1.54) is 13.1 Å². The van der Waals surface area contributed by atoms with Gasteiger partial charge in [0.2, 0.25) is 0 Å². The molecule has 1 aromatic heterocycles. The van der Waals surface area contributed by atoms with E-state index in [-0.39, 0.29) is 10.8 Å². The van der Waals surface area contributed by atoms with Gasteiger partial charge < -0.3 is 0 Å². The maximum atomic E-state index is 11.7. The van der Waals surface area contributed by atoms with Crippen molar-refractivity contribution in [2.75, 3.05) is 13.6 Å². The van der Waals surface area contributed by atoms with Gasteiger partial charge in [-0.05, 0) is 12.1 Å². The highest BCUT2D eigenvalue weighted by atomic mass is 35.5. The van der Waals surface area contributed by atoms with Gasteiger partial charge in [-0.15, -0.1) is 17.8 Å². The number of hydrogen-bond acceptors (Lipinski definition) is 3. The highest BCUT2D eigenvalue weighted by molar-refractivity contribution is 7.91. The quantitative estimate of drug-likeness (QED) is 0.764. The highest BCUT2D eigenvalue weighted by Gasteiger charge is 2.21.